The molecule has 1 saturated heterocycles. The zero-order chi connectivity index (χ0) is 33.7. The van der Waals surface area contributed by atoms with E-state index in [9.17, 15) is 9.18 Å². The van der Waals surface area contributed by atoms with Crippen LogP contribution in [0.3, 0.4) is 0 Å². The van der Waals surface area contributed by atoms with Gasteiger partial charge in [0.2, 0.25) is 0 Å². The van der Waals surface area contributed by atoms with E-state index in [1.165, 1.54) is 11.1 Å². The highest BCUT2D eigenvalue weighted by Crippen LogP contribution is 2.33. The fraction of sp³-hybridized carbons (Fsp3) is 0.343. The van der Waals surface area contributed by atoms with Gasteiger partial charge in [-0.25, -0.2) is 15.0 Å². The fourth-order valence-electron chi connectivity index (χ4n) is 5.13. The first kappa shape index (κ1) is 34.1. The number of aromatic amines is 1. The van der Waals surface area contributed by atoms with E-state index in [0.29, 0.717) is 37.0 Å². The van der Waals surface area contributed by atoms with Gasteiger partial charge in [-0.15, -0.1) is 0 Å². The minimum Gasteiger partial charge on any atom is -0.489 e. The van der Waals surface area contributed by atoms with Gasteiger partial charge in [0, 0.05) is 42.5 Å². The van der Waals surface area contributed by atoms with Crippen molar-refractivity contribution in [1.82, 2.24) is 9.88 Å². The summed E-state index contributed by atoms with van der Waals surface area (Å²) < 4.78 is 38.2. The summed E-state index contributed by atoms with van der Waals surface area (Å²) in [6, 6.07) is 17.5. The van der Waals surface area contributed by atoms with Crippen LogP contribution in [0.5, 0.6) is 17.2 Å². The number of halogens is 2. The number of rotatable bonds is 10. The molecule has 0 aliphatic carbocycles. The molecule has 10 nitrogen and oxygen atoms in total. The summed E-state index contributed by atoms with van der Waals surface area (Å²) in [7, 11) is 0. The number of piperidine rings is 1. The number of likely N-dealkylation sites (tertiary alicyclic amines) is 1. The lowest BCUT2D eigenvalue weighted by Gasteiger charge is -2.33. The third-order valence-corrected chi connectivity index (χ3v) is 8.18. The van der Waals surface area contributed by atoms with Crippen LogP contribution in [0.15, 0.2) is 77.0 Å². The van der Waals surface area contributed by atoms with Crippen molar-refractivity contribution in [3.8, 4) is 17.2 Å². The number of amides is 1. The molecule has 5 rings (SSSR count). The van der Waals surface area contributed by atoms with E-state index >= 15 is 0 Å². The van der Waals surface area contributed by atoms with Crippen LogP contribution in [-0.4, -0.2) is 47.4 Å². The second-order valence-corrected chi connectivity index (χ2v) is 13.3. The van der Waals surface area contributed by atoms with Crippen molar-refractivity contribution >= 4 is 38.6 Å². The molecule has 0 saturated carbocycles. The first-order valence-electron chi connectivity index (χ1n) is 15.4. The van der Waals surface area contributed by atoms with Crippen LogP contribution in [0.1, 0.15) is 44.9 Å². The smallest absolute Gasteiger partial charge is 0.410 e. The van der Waals surface area contributed by atoms with Crippen molar-refractivity contribution in [2.24, 2.45) is 11.6 Å². The third kappa shape index (κ3) is 8.97. The SMILES string of the molecule is Cc1cc(N(N)/C(N)=C\COCc2cc3cc(OC4CCN(C(=O)OC(C)(C)C)CC4)c(Br)cc3[nH]2)ccc1Oc1ccccc1F. The summed E-state index contributed by atoms with van der Waals surface area (Å²) in [5.74, 6) is 7.54. The molecular weight excluding hydrogens is 669 g/mol. The lowest BCUT2D eigenvalue weighted by molar-refractivity contribution is 0.0126. The topological polar surface area (TPSA) is 128 Å². The number of carbonyl (C=O) groups excluding carboxylic acids is 1. The average molecular weight is 711 g/mol. The molecule has 47 heavy (non-hydrogen) atoms. The Morgan fingerprint density at radius 1 is 1.09 bits per heavy atom. The number of nitrogens with two attached hydrogens (primary N) is 2. The number of aromatic nitrogens is 1. The standard InChI is InChI=1S/C35H41BrFN5O5/c1-22-17-25(9-10-30(22)46-31-8-6-5-7-28(31)37)42(39)33(38)13-16-44-21-24-18-23-19-32(27(36)20-29(23)40-24)45-26-11-14-41(15-12-26)34(43)47-35(2,3)4/h5-10,13,17-20,26,40H,11-12,14-16,21,38-39H2,1-4H3/b33-13-. The van der Waals surface area contributed by atoms with Crippen molar-refractivity contribution < 1.29 is 28.1 Å². The van der Waals surface area contributed by atoms with Crippen LogP contribution >= 0.6 is 15.9 Å². The molecule has 5 N–H and O–H groups in total. The van der Waals surface area contributed by atoms with Crippen molar-refractivity contribution in [3.63, 3.8) is 0 Å². The van der Waals surface area contributed by atoms with E-state index in [2.05, 4.69) is 20.9 Å². The molecule has 0 radical (unpaired) electrons. The lowest BCUT2D eigenvalue weighted by Crippen LogP contribution is -2.44. The van der Waals surface area contributed by atoms with E-state index in [0.717, 1.165) is 45.2 Å². The van der Waals surface area contributed by atoms with Crippen LogP contribution in [-0.2, 0) is 16.1 Å². The molecule has 2 heterocycles. The maximum atomic E-state index is 14.0. The van der Waals surface area contributed by atoms with Crippen molar-refractivity contribution in [2.45, 2.75) is 58.8 Å². The second-order valence-electron chi connectivity index (χ2n) is 12.4. The maximum absolute atomic E-state index is 14.0. The van der Waals surface area contributed by atoms with Gasteiger partial charge in [-0.2, -0.15) is 0 Å². The minimum absolute atomic E-state index is 0.00223. The number of hydrazine groups is 1. The van der Waals surface area contributed by atoms with Crippen molar-refractivity contribution in [1.29, 1.82) is 0 Å². The average Bonchev–Trinajstić information content (AvgIpc) is 3.41. The number of fused-ring (bicyclic) bond motifs is 1. The molecule has 250 valence electrons. The zero-order valence-electron chi connectivity index (χ0n) is 27.0. The highest BCUT2D eigenvalue weighted by atomic mass is 79.9. The first-order valence-corrected chi connectivity index (χ1v) is 16.2. The molecule has 1 aliphatic rings. The lowest BCUT2D eigenvalue weighted by atomic mass is 10.1. The molecule has 12 heteroatoms. The number of nitrogens with one attached hydrogen (secondary N) is 1. The molecule has 1 amide bonds. The predicted octanol–water partition coefficient (Wildman–Crippen LogP) is 7.65. The van der Waals surface area contributed by atoms with E-state index in [-0.39, 0.29) is 24.6 Å². The molecule has 3 aromatic carbocycles. The second kappa shape index (κ2) is 14.7. The molecule has 0 spiro atoms. The predicted molar refractivity (Wildman–Crippen MR) is 184 cm³/mol. The summed E-state index contributed by atoms with van der Waals surface area (Å²) >= 11 is 3.64. The quantitative estimate of drug-likeness (QED) is 0.0871. The van der Waals surface area contributed by atoms with Crippen LogP contribution < -0.4 is 26.1 Å². The van der Waals surface area contributed by atoms with E-state index < -0.39 is 11.4 Å². The number of H-pyrrole nitrogens is 1. The van der Waals surface area contributed by atoms with Gasteiger partial charge in [-0.05, 0) is 104 Å². The Kier molecular flexibility index (Phi) is 10.6. The molecular formula is C35H41BrFN5O5. The number of carbonyl (C=O) groups is 1. The first-order chi connectivity index (χ1) is 22.4. The summed E-state index contributed by atoms with van der Waals surface area (Å²) in [5.41, 5.74) is 8.97. The molecule has 4 aromatic rings. The van der Waals surface area contributed by atoms with Crippen molar-refractivity contribution in [3.05, 3.63) is 94.1 Å². The van der Waals surface area contributed by atoms with Crippen LogP contribution in [0.2, 0.25) is 0 Å². The van der Waals surface area contributed by atoms with Gasteiger partial charge in [-0.1, -0.05) is 12.1 Å². The van der Waals surface area contributed by atoms with Gasteiger partial charge >= 0.3 is 6.09 Å². The zero-order valence-corrected chi connectivity index (χ0v) is 28.6. The normalized spacial score (nSPS) is 14.4. The van der Waals surface area contributed by atoms with E-state index in [1.807, 2.05) is 52.0 Å². The van der Waals surface area contributed by atoms with Gasteiger partial charge in [0.25, 0.3) is 0 Å². The Labute approximate surface area is 282 Å². The molecule has 1 aliphatic heterocycles. The largest absolute Gasteiger partial charge is 0.489 e. The van der Waals surface area contributed by atoms with E-state index in [4.69, 9.17) is 30.5 Å². The van der Waals surface area contributed by atoms with Gasteiger partial charge in [-0.3, -0.25) is 5.01 Å². The Morgan fingerprint density at radius 2 is 1.83 bits per heavy atom. The Balaban J connectivity index is 1.12. The monoisotopic (exact) mass is 709 g/mol. The number of aryl methyl sites for hydroxylation is 1. The van der Waals surface area contributed by atoms with Gasteiger partial charge < -0.3 is 34.6 Å². The molecule has 1 fully saturated rings. The summed E-state index contributed by atoms with van der Waals surface area (Å²) in [6.45, 7) is 9.20. The van der Waals surface area contributed by atoms with Crippen molar-refractivity contribution in [2.75, 3.05) is 24.7 Å². The Hall–Kier alpha value is -4.26. The third-order valence-electron chi connectivity index (χ3n) is 7.56. The van der Waals surface area contributed by atoms with Gasteiger partial charge in [0.05, 0.1) is 23.4 Å². The number of hydrogen-bond acceptors (Lipinski definition) is 8. The number of nitrogens with zero attached hydrogens (tertiary/aromatic N) is 2. The van der Waals surface area contributed by atoms with Gasteiger partial charge in [0.1, 0.15) is 29.0 Å². The summed E-state index contributed by atoms with van der Waals surface area (Å²) in [5, 5.41) is 2.35. The van der Waals surface area contributed by atoms with Crippen LogP contribution in [0.25, 0.3) is 10.9 Å². The molecule has 0 unspecified atom stereocenters. The van der Waals surface area contributed by atoms with E-state index in [1.54, 1.807) is 41.3 Å². The summed E-state index contributed by atoms with van der Waals surface area (Å²) in [4.78, 5) is 17.5. The Morgan fingerprint density at radius 3 is 2.53 bits per heavy atom. The maximum Gasteiger partial charge on any atom is 0.410 e. The summed E-state index contributed by atoms with van der Waals surface area (Å²) in [6.07, 6.45) is 2.85. The highest BCUT2D eigenvalue weighted by Gasteiger charge is 2.28. The number of benzene rings is 3. The number of anilines is 1. The fourth-order valence-corrected chi connectivity index (χ4v) is 5.57. The number of para-hydroxylation sites is 1. The van der Waals surface area contributed by atoms with Crippen LogP contribution in [0.4, 0.5) is 14.9 Å². The number of ether oxygens (including phenoxy) is 4. The highest BCUT2D eigenvalue weighted by molar-refractivity contribution is 9.10. The van der Waals surface area contributed by atoms with Gasteiger partial charge in [0.15, 0.2) is 11.6 Å². The minimum atomic E-state index is -0.515. The molecule has 0 bridgehead atoms. The molecule has 0 atom stereocenters. The Bertz CT molecular complexity index is 1750. The molecule has 1 aromatic heterocycles. The number of hydrogen-bond donors (Lipinski definition) is 3. The van der Waals surface area contributed by atoms with Crippen LogP contribution in [0, 0.1) is 12.7 Å².